The van der Waals surface area contributed by atoms with Crippen LogP contribution in [0.3, 0.4) is 0 Å². The van der Waals surface area contributed by atoms with Crippen molar-refractivity contribution in [3.8, 4) is 11.8 Å². The maximum Gasteiger partial charge on any atom is 0.159 e. The van der Waals surface area contributed by atoms with Crippen molar-refractivity contribution in [3.63, 3.8) is 0 Å². The van der Waals surface area contributed by atoms with Gasteiger partial charge in [-0.15, -0.1) is 0 Å². The summed E-state index contributed by atoms with van der Waals surface area (Å²) in [6.07, 6.45) is 2.62. The van der Waals surface area contributed by atoms with Crippen LogP contribution in [0, 0.1) is 11.8 Å². The van der Waals surface area contributed by atoms with Crippen molar-refractivity contribution in [2.75, 3.05) is 0 Å². The second-order valence-corrected chi connectivity index (χ2v) is 4.77. The highest BCUT2D eigenvalue weighted by atomic mass is 35.5. The molecule has 1 aliphatic heterocycles. The largest absolute Gasteiger partial charge is 0.480 e. The third kappa shape index (κ3) is 3.70. The van der Waals surface area contributed by atoms with E-state index >= 15 is 0 Å². The lowest BCUT2D eigenvalue weighted by molar-refractivity contribution is 0.116. The predicted octanol–water partition coefficient (Wildman–Crippen LogP) is 4.25. The number of halogens is 2. The van der Waals surface area contributed by atoms with Crippen LogP contribution >= 0.6 is 23.2 Å². The van der Waals surface area contributed by atoms with Crippen LogP contribution in [0.5, 0.6) is 0 Å². The van der Waals surface area contributed by atoms with Crippen molar-refractivity contribution >= 4 is 23.2 Å². The highest BCUT2D eigenvalue weighted by Crippen LogP contribution is 2.27. The van der Waals surface area contributed by atoms with Crippen LogP contribution in [0.2, 0.25) is 0 Å². The second kappa shape index (κ2) is 6.00. The maximum atomic E-state index is 5.71. The lowest BCUT2D eigenvalue weighted by atomic mass is 10.1. The fourth-order valence-electron chi connectivity index (χ4n) is 1.66. The molecular weight excluding hydrogens is 255 g/mol. The molecule has 2 rings (SSSR count). The smallest absolute Gasteiger partial charge is 0.159 e. The predicted molar refractivity (Wildman–Crippen MR) is 70.8 cm³/mol. The van der Waals surface area contributed by atoms with Gasteiger partial charge in [-0.2, -0.15) is 0 Å². The van der Waals surface area contributed by atoms with E-state index in [1.54, 1.807) is 0 Å². The van der Waals surface area contributed by atoms with Gasteiger partial charge in [0.15, 0.2) is 6.10 Å². The Balaban J connectivity index is 2.05. The zero-order valence-electron chi connectivity index (χ0n) is 9.25. The molecule has 0 radical (unpaired) electrons. The van der Waals surface area contributed by atoms with Gasteiger partial charge in [-0.25, -0.2) is 0 Å². The molecule has 0 N–H and O–H groups in total. The molecule has 1 atom stereocenters. The lowest BCUT2D eigenvalue weighted by Crippen LogP contribution is -2.16. The van der Waals surface area contributed by atoms with E-state index in [1.807, 2.05) is 30.3 Å². The Labute approximate surface area is 111 Å². The molecule has 0 bridgehead atoms. The molecule has 3 heteroatoms. The summed E-state index contributed by atoms with van der Waals surface area (Å²) in [5.41, 5.74) is 0.990. The van der Waals surface area contributed by atoms with E-state index in [9.17, 15) is 0 Å². The van der Waals surface area contributed by atoms with E-state index in [-0.39, 0.29) is 10.6 Å². The van der Waals surface area contributed by atoms with Crippen molar-refractivity contribution in [3.05, 3.63) is 46.1 Å². The number of ether oxygens (including phenoxy) is 1. The van der Waals surface area contributed by atoms with Gasteiger partial charge in [0.05, 0.1) is 0 Å². The summed E-state index contributed by atoms with van der Waals surface area (Å²) >= 11 is 11.4. The first kappa shape index (κ1) is 12.4. The van der Waals surface area contributed by atoms with E-state index < -0.39 is 0 Å². The highest BCUT2D eigenvalue weighted by molar-refractivity contribution is 6.56. The minimum Gasteiger partial charge on any atom is -0.480 e. The fourth-order valence-corrected chi connectivity index (χ4v) is 1.94. The average molecular weight is 267 g/mol. The number of allylic oxidation sites excluding steroid dienone is 1. The molecule has 0 aliphatic carbocycles. The minimum atomic E-state index is -0.105. The van der Waals surface area contributed by atoms with E-state index in [4.69, 9.17) is 27.9 Å². The second-order valence-electron chi connectivity index (χ2n) is 3.82. The Kier molecular flexibility index (Phi) is 4.36. The molecule has 0 aromatic heterocycles. The minimum absolute atomic E-state index is 0.105. The molecule has 1 aliphatic rings. The van der Waals surface area contributed by atoms with E-state index in [1.165, 1.54) is 0 Å². The summed E-state index contributed by atoms with van der Waals surface area (Å²) in [7, 11) is 0. The normalized spacial score (nSPS) is 18.9. The van der Waals surface area contributed by atoms with Crippen LogP contribution in [0.4, 0.5) is 0 Å². The molecule has 0 saturated carbocycles. The monoisotopic (exact) mass is 266 g/mol. The first-order valence-corrected chi connectivity index (χ1v) is 6.28. The first-order valence-electron chi connectivity index (χ1n) is 5.53. The highest BCUT2D eigenvalue weighted by Gasteiger charge is 2.17. The zero-order valence-corrected chi connectivity index (χ0v) is 10.8. The quantitative estimate of drug-likeness (QED) is 0.638. The van der Waals surface area contributed by atoms with E-state index in [2.05, 4.69) is 11.8 Å². The topological polar surface area (TPSA) is 9.23 Å². The summed E-state index contributed by atoms with van der Waals surface area (Å²) in [4.78, 5) is 0. The molecule has 0 spiro atoms. The van der Waals surface area contributed by atoms with Gasteiger partial charge < -0.3 is 4.74 Å². The number of benzene rings is 1. The maximum absolute atomic E-state index is 5.71. The average Bonchev–Trinajstić information content (AvgIpc) is 2.38. The molecule has 1 fully saturated rings. The van der Waals surface area contributed by atoms with E-state index in [0.29, 0.717) is 5.76 Å². The standard InChI is InChI=1S/C14H12Cl2O/c15-14(16)13-8-4-7-12(17-13)10-9-11-5-2-1-3-6-11/h1-3,5-6,12H,4,7-8H2. The van der Waals surface area contributed by atoms with Crippen LogP contribution in [0.25, 0.3) is 0 Å². The third-order valence-electron chi connectivity index (χ3n) is 2.52. The molecule has 0 amide bonds. The number of hydrogen-bond acceptors (Lipinski definition) is 1. The van der Waals surface area contributed by atoms with Crippen molar-refractivity contribution < 1.29 is 4.74 Å². The molecule has 1 saturated heterocycles. The van der Waals surface area contributed by atoms with Gasteiger partial charge in [0.2, 0.25) is 0 Å². The summed E-state index contributed by atoms with van der Waals surface area (Å²) < 4.78 is 5.83. The summed E-state index contributed by atoms with van der Waals surface area (Å²) in [6, 6.07) is 9.85. The van der Waals surface area contributed by atoms with Gasteiger partial charge in [0.25, 0.3) is 0 Å². The van der Waals surface area contributed by atoms with Crippen LogP contribution in [-0.4, -0.2) is 6.10 Å². The number of rotatable bonds is 0. The molecular formula is C14H12Cl2O. The van der Waals surface area contributed by atoms with E-state index in [0.717, 1.165) is 24.8 Å². The Morgan fingerprint density at radius 3 is 2.71 bits per heavy atom. The first-order chi connectivity index (χ1) is 8.25. The molecule has 88 valence electrons. The molecule has 1 nitrogen and oxygen atoms in total. The molecule has 1 aromatic rings. The Bertz CT molecular complexity index is 464. The van der Waals surface area contributed by atoms with Crippen molar-refractivity contribution in [1.82, 2.24) is 0 Å². The van der Waals surface area contributed by atoms with Gasteiger partial charge in [0, 0.05) is 12.0 Å². The Hall–Kier alpha value is -1.10. The molecule has 1 aromatic carbocycles. The Morgan fingerprint density at radius 2 is 2.00 bits per heavy atom. The van der Waals surface area contributed by atoms with Crippen LogP contribution in [0.15, 0.2) is 40.6 Å². The van der Waals surface area contributed by atoms with Crippen LogP contribution < -0.4 is 0 Å². The molecule has 1 unspecified atom stereocenters. The van der Waals surface area contributed by atoms with Gasteiger partial charge >= 0.3 is 0 Å². The van der Waals surface area contributed by atoms with Crippen molar-refractivity contribution in [2.45, 2.75) is 25.4 Å². The molecule has 17 heavy (non-hydrogen) atoms. The summed E-state index contributed by atoms with van der Waals surface area (Å²) in [5, 5.41) is 0. The SMILES string of the molecule is ClC(Cl)=C1CCCC(C#Cc2ccccc2)O1. The van der Waals surface area contributed by atoms with Gasteiger partial charge in [0.1, 0.15) is 10.3 Å². The van der Waals surface area contributed by atoms with Crippen molar-refractivity contribution in [1.29, 1.82) is 0 Å². The summed E-state index contributed by atoms with van der Waals surface area (Å²) in [5.74, 6) is 6.85. The van der Waals surface area contributed by atoms with Crippen LogP contribution in [0.1, 0.15) is 24.8 Å². The lowest BCUT2D eigenvalue weighted by Gasteiger charge is -2.21. The van der Waals surface area contributed by atoms with Gasteiger partial charge in [-0.1, -0.05) is 53.2 Å². The fraction of sp³-hybridized carbons (Fsp3) is 0.286. The number of hydrogen-bond donors (Lipinski definition) is 0. The van der Waals surface area contributed by atoms with Gasteiger partial charge in [-0.3, -0.25) is 0 Å². The van der Waals surface area contributed by atoms with Crippen LogP contribution in [-0.2, 0) is 4.74 Å². The molecule has 1 heterocycles. The van der Waals surface area contributed by atoms with Crippen molar-refractivity contribution in [2.24, 2.45) is 0 Å². The zero-order chi connectivity index (χ0) is 12.1. The summed E-state index contributed by atoms with van der Waals surface area (Å²) in [6.45, 7) is 0. The third-order valence-corrected chi connectivity index (χ3v) is 2.94. The Morgan fingerprint density at radius 1 is 1.24 bits per heavy atom. The van der Waals surface area contributed by atoms with Gasteiger partial charge in [-0.05, 0) is 25.0 Å².